The predicted molar refractivity (Wildman–Crippen MR) is 50.0 cm³/mol. The first-order valence-corrected chi connectivity index (χ1v) is 4.32. The number of allylic oxidation sites excluding steroid dienone is 1. The maximum absolute atomic E-state index is 10.8. The van der Waals surface area contributed by atoms with Gasteiger partial charge in [-0.3, -0.25) is 4.79 Å². The third kappa shape index (κ3) is 2.36. The minimum absolute atomic E-state index is 0.0694. The Bertz CT molecular complexity index is 171. The van der Waals surface area contributed by atoms with Crippen LogP contribution in [-0.4, -0.2) is 11.1 Å². The van der Waals surface area contributed by atoms with Gasteiger partial charge in [-0.05, 0) is 26.2 Å². The smallest absolute Gasteiger partial charge is 0.309 e. The lowest BCUT2D eigenvalue weighted by molar-refractivity contribution is -0.149. The number of rotatable bonds is 5. The molecule has 0 aromatic heterocycles. The quantitative estimate of drug-likeness (QED) is 0.644. The van der Waals surface area contributed by atoms with E-state index in [1.165, 1.54) is 0 Å². The van der Waals surface area contributed by atoms with Crippen molar-refractivity contribution in [2.75, 3.05) is 0 Å². The van der Waals surface area contributed by atoms with Crippen LogP contribution in [0.3, 0.4) is 0 Å². The Hall–Kier alpha value is -0.790. The molecule has 1 unspecified atom stereocenters. The summed E-state index contributed by atoms with van der Waals surface area (Å²) in [6, 6.07) is 0. The number of hydrogen-bond acceptors (Lipinski definition) is 1. The molecule has 2 heteroatoms. The molecule has 0 amide bonds. The van der Waals surface area contributed by atoms with Gasteiger partial charge in [0.15, 0.2) is 0 Å². The van der Waals surface area contributed by atoms with Gasteiger partial charge in [0.25, 0.3) is 0 Å². The molecule has 0 aromatic rings. The van der Waals surface area contributed by atoms with Crippen LogP contribution in [0, 0.1) is 11.3 Å². The van der Waals surface area contributed by atoms with Gasteiger partial charge in [0.1, 0.15) is 0 Å². The van der Waals surface area contributed by atoms with E-state index in [1.54, 1.807) is 19.9 Å². The summed E-state index contributed by atoms with van der Waals surface area (Å²) in [4.78, 5) is 10.8. The van der Waals surface area contributed by atoms with E-state index >= 15 is 0 Å². The Labute approximate surface area is 74.3 Å². The molecule has 70 valence electrons. The fourth-order valence-electron chi connectivity index (χ4n) is 1.24. The Morgan fingerprint density at radius 1 is 1.67 bits per heavy atom. The van der Waals surface area contributed by atoms with Crippen LogP contribution in [0.15, 0.2) is 12.7 Å². The van der Waals surface area contributed by atoms with Crippen LogP contribution in [-0.2, 0) is 4.79 Å². The van der Waals surface area contributed by atoms with Gasteiger partial charge < -0.3 is 5.11 Å². The lowest BCUT2D eigenvalue weighted by Gasteiger charge is -2.27. The first-order valence-electron chi connectivity index (χ1n) is 4.32. The van der Waals surface area contributed by atoms with Crippen LogP contribution >= 0.6 is 0 Å². The second-order valence-electron chi connectivity index (χ2n) is 3.66. The van der Waals surface area contributed by atoms with Crippen molar-refractivity contribution in [3.8, 4) is 0 Å². The van der Waals surface area contributed by atoms with E-state index in [2.05, 4.69) is 13.5 Å². The molecule has 0 spiro atoms. The van der Waals surface area contributed by atoms with Crippen molar-refractivity contribution in [1.82, 2.24) is 0 Å². The summed E-state index contributed by atoms with van der Waals surface area (Å²) in [6.45, 7) is 9.21. The molecule has 0 aliphatic carbocycles. The van der Waals surface area contributed by atoms with E-state index in [9.17, 15) is 4.79 Å². The number of carboxylic acids is 1. The monoisotopic (exact) mass is 170 g/mol. The molecule has 0 fully saturated rings. The van der Waals surface area contributed by atoms with E-state index in [-0.39, 0.29) is 5.92 Å². The SMILES string of the molecule is C=CC(CCC)C(C)(C)C(=O)O. The van der Waals surface area contributed by atoms with E-state index in [0.29, 0.717) is 0 Å². The summed E-state index contributed by atoms with van der Waals surface area (Å²) >= 11 is 0. The molecule has 0 aliphatic heterocycles. The van der Waals surface area contributed by atoms with Gasteiger partial charge in [-0.15, -0.1) is 6.58 Å². The van der Waals surface area contributed by atoms with Crippen molar-refractivity contribution in [2.24, 2.45) is 11.3 Å². The Morgan fingerprint density at radius 3 is 2.42 bits per heavy atom. The molecule has 0 saturated carbocycles. The van der Waals surface area contributed by atoms with Gasteiger partial charge in [-0.2, -0.15) is 0 Å². The highest BCUT2D eigenvalue weighted by molar-refractivity contribution is 5.74. The molecular formula is C10H18O2. The lowest BCUT2D eigenvalue weighted by atomic mass is 9.76. The summed E-state index contributed by atoms with van der Waals surface area (Å²) in [5, 5.41) is 8.92. The number of carbonyl (C=O) groups is 1. The molecular weight excluding hydrogens is 152 g/mol. The van der Waals surface area contributed by atoms with Crippen LogP contribution in [0.25, 0.3) is 0 Å². The third-order valence-electron chi connectivity index (χ3n) is 2.36. The third-order valence-corrected chi connectivity index (χ3v) is 2.36. The average Bonchev–Trinajstić information content (AvgIpc) is 1.99. The van der Waals surface area contributed by atoms with Crippen molar-refractivity contribution >= 4 is 5.97 Å². The molecule has 0 heterocycles. The molecule has 0 aromatic carbocycles. The van der Waals surface area contributed by atoms with Gasteiger partial charge in [-0.25, -0.2) is 0 Å². The van der Waals surface area contributed by atoms with Gasteiger partial charge >= 0.3 is 5.97 Å². The van der Waals surface area contributed by atoms with Crippen molar-refractivity contribution in [3.63, 3.8) is 0 Å². The number of hydrogen-bond donors (Lipinski definition) is 1. The standard InChI is InChI=1S/C10H18O2/c1-5-7-8(6-2)10(3,4)9(11)12/h6,8H,2,5,7H2,1,3-4H3,(H,11,12). The molecule has 1 atom stereocenters. The average molecular weight is 170 g/mol. The highest BCUT2D eigenvalue weighted by atomic mass is 16.4. The maximum Gasteiger partial charge on any atom is 0.309 e. The zero-order chi connectivity index (χ0) is 9.78. The normalized spacial score (nSPS) is 13.9. The zero-order valence-electron chi connectivity index (χ0n) is 8.13. The first kappa shape index (κ1) is 11.2. The summed E-state index contributed by atoms with van der Waals surface area (Å²) < 4.78 is 0. The summed E-state index contributed by atoms with van der Waals surface area (Å²) in [6.07, 6.45) is 3.63. The Balaban J connectivity index is 4.46. The molecule has 0 rings (SSSR count). The predicted octanol–water partition coefficient (Wildman–Crippen LogP) is 2.70. The Morgan fingerprint density at radius 2 is 2.17 bits per heavy atom. The van der Waals surface area contributed by atoms with Gasteiger partial charge in [0.05, 0.1) is 5.41 Å². The highest BCUT2D eigenvalue weighted by Crippen LogP contribution is 2.31. The molecule has 0 radical (unpaired) electrons. The van der Waals surface area contributed by atoms with Crippen LogP contribution in [0.5, 0.6) is 0 Å². The summed E-state index contributed by atoms with van der Waals surface area (Å²) in [5.74, 6) is -0.680. The second kappa shape index (κ2) is 4.29. The van der Waals surface area contributed by atoms with E-state index in [1.807, 2.05) is 0 Å². The van der Waals surface area contributed by atoms with Gasteiger partial charge in [0.2, 0.25) is 0 Å². The van der Waals surface area contributed by atoms with E-state index in [0.717, 1.165) is 12.8 Å². The van der Waals surface area contributed by atoms with Crippen molar-refractivity contribution in [2.45, 2.75) is 33.6 Å². The first-order chi connectivity index (χ1) is 5.46. The topological polar surface area (TPSA) is 37.3 Å². The van der Waals surface area contributed by atoms with Crippen LogP contribution in [0.4, 0.5) is 0 Å². The highest BCUT2D eigenvalue weighted by Gasteiger charge is 2.33. The molecule has 0 aliphatic rings. The van der Waals surface area contributed by atoms with Gasteiger partial charge in [-0.1, -0.05) is 19.4 Å². The van der Waals surface area contributed by atoms with Crippen LogP contribution in [0.1, 0.15) is 33.6 Å². The van der Waals surface area contributed by atoms with Crippen LogP contribution in [0.2, 0.25) is 0 Å². The fourth-order valence-corrected chi connectivity index (χ4v) is 1.24. The van der Waals surface area contributed by atoms with Crippen molar-refractivity contribution in [1.29, 1.82) is 0 Å². The largest absolute Gasteiger partial charge is 0.481 e. The van der Waals surface area contributed by atoms with Crippen LogP contribution < -0.4 is 0 Å². The fraction of sp³-hybridized carbons (Fsp3) is 0.700. The molecule has 0 saturated heterocycles. The summed E-state index contributed by atoms with van der Waals surface area (Å²) in [7, 11) is 0. The summed E-state index contributed by atoms with van der Waals surface area (Å²) in [5.41, 5.74) is -0.683. The molecule has 0 bridgehead atoms. The lowest BCUT2D eigenvalue weighted by Crippen LogP contribution is -2.31. The molecule has 12 heavy (non-hydrogen) atoms. The minimum atomic E-state index is -0.749. The Kier molecular flexibility index (Phi) is 4.01. The van der Waals surface area contributed by atoms with Crippen molar-refractivity contribution < 1.29 is 9.90 Å². The second-order valence-corrected chi connectivity index (χ2v) is 3.66. The van der Waals surface area contributed by atoms with Crippen molar-refractivity contribution in [3.05, 3.63) is 12.7 Å². The van der Waals surface area contributed by atoms with E-state index < -0.39 is 11.4 Å². The van der Waals surface area contributed by atoms with Gasteiger partial charge in [0, 0.05) is 0 Å². The maximum atomic E-state index is 10.8. The van der Waals surface area contributed by atoms with E-state index in [4.69, 9.17) is 5.11 Å². The minimum Gasteiger partial charge on any atom is -0.481 e. The number of aliphatic carboxylic acids is 1. The molecule has 2 nitrogen and oxygen atoms in total. The zero-order valence-corrected chi connectivity index (χ0v) is 8.13. The number of carboxylic acid groups (broad SMARTS) is 1. The molecule has 1 N–H and O–H groups in total.